The minimum absolute atomic E-state index is 0.0695. The molecule has 0 radical (unpaired) electrons. The molecule has 2 rings (SSSR count). The molecule has 1 unspecified atom stereocenters. The van der Waals surface area contributed by atoms with Crippen molar-refractivity contribution in [2.24, 2.45) is 4.99 Å². The molecule has 0 saturated carbocycles. The van der Waals surface area contributed by atoms with E-state index in [1.54, 1.807) is 19.2 Å². The SMILES string of the molecule is CN=C(NCC(=O)Nc1cccc(F)c1)NCC1(C)CCCS1. The van der Waals surface area contributed by atoms with Crippen molar-refractivity contribution in [3.05, 3.63) is 30.1 Å². The van der Waals surface area contributed by atoms with Gasteiger partial charge in [0.1, 0.15) is 5.82 Å². The van der Waals surface area contributed by atoms with Crippen LogP contribution in [0.25, 0.3) is 0 Å². The van der Waals surface area contributed by atoms with Crippen molar-refractivity contribution in [1.82, 2.24) is 10.6 Å². The van der Waals surface area contributed by atoms with Gasteiger partial charge >= 0.3 is 0 Å². The number of benzene rings is 1. The minimum Gasteiger partial charge on any atom is -0.355 e. The average Bonchev–Trinajstić information content (AvgIpc) is 2.94. The molecule has 3 N–H and O–H groups in total. The van der Waals surface area contributed by atoms with E-state index >= 15 is 0 Å². The van der Waals surface area contributed by atoms with E-state index in [9.17, 15) is 9.18 Å². The number of nitrogens with one attached hydrogen (secondary N) is 3. The maximum absolute atomic E-state index is 13.1. The molecule has 7 heteroatoms. The Hall–Kier alpha value is -1.76. The number of halogens is 1. The molecule has 1 aromatic rings. The van der Waals surface area contributed by atoms with Crippen LogP contribution in [0.5, 0.6) is 0 Å². The fourth-order valence-corrected chi connectivity index (χ4v) is 3.65. The number of carbonyl (C=O) groups is 1. The summed E-state index contributed by atoms with van der Waals surface area (Å²) in [7, 11) is 1.67. The van der Waals surface area contributed by atoms with Crippen LogP contribution in [0.2, 0.25) is 0 Å². The van der Waals surface area contributed by atoms with Crippen molar-refractivity contribution >= 4 is 29.3 Å². The lowest BCUT2D eigenvalue weighted by atomic mass is 10.1. The van der Waals surface area contributed by atoms with Crippen LogP contribution in [0.1, 0.15) is 19.8 Å². The highest BCUT2D eigenvalue weighted by Gasteiger charge is 2.29. The van der Waals surface area contributed by atoms with Gasteiger partial charge in [-0.05, 0) is 43.7 Å². The second-order valence-corrected chi connectivity index (χ2v) is 7.42. The van der Waals surface area contributed by atoms with Crippen molar-refractivity contribution in [2.75, 3.05) is 31.2 Å². The van der Waals surface area contributed by atoms with E-state index in [1.807, 2.05) is 11.8 Å². The highest BCUT2D eigenvalue weighted by Crippen LogP contribution is 2.36. The van der Waals surface area contributed by atoms with Crippen molar-refractivity contribution in [2.45, 2.75) is 24.5 Å². The number of carbonyl (C=O) groups excluding carboxylic acids is 1. The minimum atomic E-state index is -0.379. The zero-order valence-electron chi connectivity index (χ0n) is 13.5. The third-order valence-corrected chi connectivity index (χ3v) is 5.22. The first-order valence-corrected chi connectivity index (χ1v) is 8.63. The summed E-state index contributed by atoms with van der Waals surface area (Å²) in [6, 6.07) is 5.81. The van der Waals surface area contributed by atoms with Crippen LogP contribution in [0, 0.1) is 5.82 Å². The summed E-state index contributed by atoms with van der Waals surface area (Å²) in [6.45, 7) is 3.12. The van der Waals surface area contributed by atoms with Gasteiger partial charge in [-0.1, -0.05) is 6.07 Å². The van der Waals surface area contributed by atoms with Crippen LogP contribution >= 0.6 is 11.8 Å². The molecule has 126 valence electrons. The molecule has 1 atom stereocenters. The van der Waals surface area contributed by atoms with Crippen LogP contribution in [0.3, 0.4) is 0 Å². The Bertz CT molecular complexity index is 573. The van der Waals surface area contributed by atoms with E-state index in [-0.39, 0.29) is 23.0 Å². The van der Waals surface area contributed by atoms with E-state index in [0.717, 1.165) is 6.54 Å². The monoisotopic (exact) mass is 338 g/mol. The molecule has 1 saturated heterocycles. The van der Waals surface area contributed by atoms with Gasteiger partial charge in [-0.15, -0.1) is 0 Å². The predicted molar refractivity (Wildman–Crippen MR) is 94.5 cm³/mol. The summed E-state index contributed by atoms with van der Waals surface area (Å²) in [4.78, 5) is 16.0. The zero-order chi connectivity index (χ0) is 16.7. The lowest BCUT2D eigenvalue weighted by Gasteiger charge is -2.24. The zero-order valence-corrected chi connectivity index (χ0v) is 14.3. The smallest absolute Gasteiger partial charge is 0.243 e. The van der Waals surface area contributed by atoms with Gasteiger partial charge in [0, 0.05) is 24.0 Å². The summed E-state index contributed by atoms with van der Waals surface area (Å²) in [5.41, 5.74) is 0.439. The third-order valence-electron chi connectivity index (χ3n) is 3.68. The first-order valence-electron chi connectivity index (χ1n) is 7.65. The van der Waals surface area contributed by atoms with Gasteiger partial charge in [0.25, 0.3) is 0 Å². The van der Waals surface area contributed by atoms with Crippen molar-refractivity contribution < 1.29 is 9.18 Å². The Morgan fingerprint density at radius 3 is 2.91 bits per heavy atom. The molecule has 1 aliphatic heterocycles. The Labute approximate surface area is 140 Å². The second-order valence-electron chi connectivity index (χ2n) is 5.74. The van der Waals surface area contributed by atoms with Gasteiger partial charge < -0.3 is 16.0 Å². The standard InChI is InChI=1S/C16H23FN4OS/c1-16(7-4-8-23-16)11-20-15(18-2)19-10-14(22)21-13-6-3-5-12(17)9-13/h3,5-6,9H,4,7-8,10-11H2,1-2H3,(H,21,22)(H2,18,19,20). The molecule has 1 amide bonds. The van der Waals surface area contributed by atoms with Crippen LogP contribution in [-0.2, 0) is 4.79 Å². The summed E-state index contributed by atoms with van der Waals surface area (Å²) >= 11 is 1.96. The summed E-state index contributed by atoms with van der Waals surface area (Å²) in [5, 5.41) is 8.87. The number of hydrogen-bond acceptors (Lipinski definition) is 3. The van der Waals surface area contributed by atoms with E-state index in [2.05, 4.69) is 27.9 Å². The van der Waals surface area contributed by atoms with E-state index in [0.29, 0.717) is 11.6 Å². The lowest BCUT2D eigenvalue weighted by molar-refractivity contribution is -0.115. The molecule has 0 aliphatic carbocycles. The topological polar surface area (TPSA) is 65.5 Å². The van der Waals surface area contributed by atoms with Gasteiger partial charge in [0.2, 0.25) is 5.91 Å². The normalized spacial score (nSPS) is 21.1. The van der Waals surface area contributed by atoms with Gasteiger partial charge in [0.15, 0.2) is 5.96 Å². The number of thioether (sulfide) groups is 1. The number of rotatable bonds is 5. The van der Waals surface area contributed by atoms with Crippen LogP contribution in [0.4, 0.5) is 10.1 Å². The molecule has 0 aromatic heterocycles. The van der Waals surface area contributed by atoms with Crippen LogP contribution in [0.15, 0.2) is 29.3 Å². The molecule has 1 heterocycles. The number of nitrogens with zero attached hydrogens (tertiary/aromatic N) is 1. The number of anilines is 1. The molecule has 1 aromatic carbocycles. The first-order chi connectivity index (χ1) is 11.0. The second kappa shape index (κ2) is 8.19. The number of aliphatic imine (C=N–C) groups is 1. The molecule has 0 spiro atoms. The Morgan fingerprint density at radius 2 is 2.26 bits per heavy atom. The molecular formula is C16H23FN4OS. The van der Waals surface area contributed by atoms with E-state index in [1.165, 1.54) is 30.7 Å². The fraction of sp³-hybridized carbons (Fsp3) is 0.500. The Kier molecular flexibility index (Phi) is 6.27. The van der Waals surface area contributed by atoms with Crippen molar-refractivity contribution in [3.8, 4) is 0 Å². The van der Waals surface area contributed by atoms with E-state index < -0.39 is 0 Å². The van der Waals surface area contributed by atoms with Crippen molar-refractivity contribution in [1.29, 1.82) is 0 Å². The predicted octanol–water partition coefficient (Wildman–Crippen LogP) is 2.21. The molecule has 0 bridgehead atoms. The third kappa shape index (κ3) is 5.74. The summed E-state index contributed by atoms with van der Waals surface area (Å²) in [5.74, 6) is 1.16. The first kappa shape index (κ1) is 17.6. The Balaban J connectivity index is 1.75. The van der Waals surface area contributed by atoms with E-state index in [4.69, 9.17) is 0 Å². The molecule has 23 heavy (non-hydrogen) atoms. The van der Waals surface area contributed by atoms with Crippen molar-refractivity contribution in [3.63, 3.8) is 0 Å². The number of guanidine groups is 1. The lowest BCUT2D eigenvalue weighted by Crippen LogP contribution is -2.45. The maximum atomic E-state index is 13.1. The largest absolute Gasteiger partial charge is 0.355 e. The van der Waals surface area contributed by atoms with Gasteiger partial charge in [-0.2, -0.15) is 11.8 Å². The quantitative estimate of drug-likeness (QED) is 0.569. The van der Waals surface area contributed by atoms with Gasteiger partial charge in [-0.25, -0.2) is 4.39 Å². The molecular weight excluding hydrogens is 315 g/mol. The molecule has 1 fully saturated rings. The molecule has 5 nitrogen and oxygen atoms in total. The van der Waals surface area contributed by atoms with Gasteiger partial charge in [0.05, 0.1) is 6.54 Å². The highest BCUT2D eigenvalue weighted by molar-refractivity contribution is 8.00. The molecule has 1 aliphatic rings. The summed E-state index contributed by atoms with van der Waals surface area (Å²) < 4.78 is 13.3. The Morgan fingerprint density at radius 1 is 1.43 bits per heavy atom. The van der Waals surface area contributed by atoms with Crippen LogP contribution in [-0.4, -0.2) is 42.5 Å². The fourth-order valence-electron chi connectivity index (χ4n) is 2.40. The number of hydrogen-bond donors (Lipinski definition) is 3. The van der Waals surface area contributed by atoms with Crippen LogP contribution < -0.4 is 16.0 Å². The summed E-state index contributed by atoms with van der Waals surface area (Å²) in [6.07, 6.45) is 2.42. The maximum Gasteiger partial charge on any atom is 0.243 e. The number of amides is 1. The highest BCUT2D eigenvalue weighted by atomic mass is 32.2. The average molecular weight is 338 g/mol. The van der Waals surface area contributed by atoms with Gasteiger partial charge in [-0.3, -0.25) is 9.79 Å².